The normalized spacial score (nSPS) is 13.4. The highest BCUT2D eigenvalue weighted by Gasteiger charge is 2.29. The predicted molar refractivity (Wildman–Crippen MR) is 119 cm³/mol. The lowest BCUT2D eigenvalue weighted by molar-refractivity contribution is -0.139. The number of nitrogens with zero attached hydrogens (tertiary/aromatic N) is 2. The molecule has 0 saturated heterocycles. The van der Waals surface area contributed by atoms with Crippen molar-refractivity contribution in [2.75, 3.05) is 6.61 Å². The Morgan fingerprint density at radius 1 is 1.03 bits per heavy atom. The first-order valence-corrected chi connectivity index (χ1v) is 10.4. The van der Waals surface area contributed by atoms with E-state index in [4.69, 9.17) is 4.74 Å². The van der Waals surface area contributed by atoms with E-state index in [1.54, 1.807) is 24.7 Å². The molecule has 1 aliphatic carbocycles. The number of carbonyl (C=O) groups is 2. The lowest BCUT2D eigenvalue weighted by atomic mass is 9.98. The van der Waals surface area contributed by atoms with Crippen molar-refractivity contribution in [3.8, 4) is 11.1 Å². The number of ether oxygens (including phenoxy) is 1. The smallest absolute Gasteiger partial charge is 0.407 e. The van der Waals surface area contributed by atoms with Crippen molar-refractivity contribution in [1.82, 2.24) is 14.7 Å². The van der Waals surface area contributed by atoms with Gasteiger partial charge in [-0.2, -0.15) is 0 Å². The number of hydrogen-bond donors (Lipinski definition) is 2. The molecule has 1 atom stereocenters. The number of amides is 1. The van der Waals surface area contributed by atoms with Gasteiger partial charge in [0.25, 0.3) is 0 Å². The molecule has 2 heterocycles. The van der Waals surface area contributed by atoms with Gasteiger partial charge in [-0.15, -0.1) is 0 Å². The first kappa shape index (κ1) is 19.8. The van der Waals surface area contributed by atoms with E-state index in [0.29, 0.717) is 0 Å². The van der Waals surface area contributed by atoms with E-state index in [0.717, 1.165) is 33.5 Å². The number of nitrogens with one attached hydrogen (secondary N) is 1. The van der Waals surface area contributed by atoms with E-state index < -0.39 is 18.1 Å². The highest BCUT2D eigenvalue weighted by molar-refractivity contribution is 5.81. The fourth-order valence-corrected chi connectivity index (χ4v) is 4.30. The molecular formula is C25H21N3O4. The van der Waals surface area contributed by atoms with Gasteiger partial charge in [0.1, 0.15) is 18.3 Å². The number of rotatable bonds is 6. The summed E-state index contributed by atoms with van der Waals surface area (Å²) in [6.07, 6.45) is 4.64. The Balaban J connectivity index is 1.27. The Kier molecular flexibility index (Phi) is 5.07. The van der Waals surface area contributed by atoms with Crippen molar-refractivity contribution in [3.05, 3.63) is 95.9 Å². The first-order valence-electron chi connectivity index (χ1n) is 10.4. The zero-order valence-electron chi connectivity index (χ0n) is 17.1. The van der Waals surface area contributed by atoms with E-state index in [-0.39, 0.29) is 18.9 Å². The van der Waals surface area contributed by atoms with Crippen molar-refractivity contribution >= 4 is 17.7 Å². The number of carboxylic acids is 1. The number of pyridine rings is 1. The molecule has 7 nitrogen and oxygen atoms in total. The zero-order chi connectivity index (χ0) is 22.1. The number of aliphatic carboxylic acids is 1. The zero-order valence-corrected chi connectivity index (χ0v) is 17.1. The van der Waals surface area contributed by atoms with Crippen LogP contribution in [0.2, 0.25) is 0 Å². The molecule has 0 spiro atoms. The molecule has 1 aliphatic rings. The first-order chi connectivity index (χ1) is 15.6. The number of benzene rings is 2. The number of imidazole rings is 1. The third-order valence-corrected chi connectivity index (χ3v) is 5.82. The summed E-state index contributed by atoms with van der Waals surface area (Å²) in [7, 11) is 0. The SMILES string of the molecule is O=C(N[C@@H](Cc1ccc2nccn2c1)C(=O)O)OCC1c2ccccc2-c2ccccc21. The van der Waals surface area contributed by atoms with E-state index in [1.807, 2.05) is 46.9 Å². The standard InChI is InChI=1S/C25H21N3O4/c29-24(30)22(13-16-9-10-23-26-11-12-28(23)14-16)27-25(31)32-15-21-19-7-3-1-5-17(19)18-6-2-4-8-20(18)21/h1-12,14,21-22H,13,15H2,(H,27,31)(H,29,30)/t22-/m0/s1. The van der Waals surface area contributed by atoms with Crippen LogP contribution in [-0.2, 0) is 16.0 Å². The van der Waals surface area contributed by atoms with Crippen molar-refractivity contribution in [1.29, 1.82) is 0 Å². The van der Waals surface area contributed by atoms with E-state index in [9.17, 15) is 14.7 Å². The number of carboxylic acid groups (broad SMARTS) is 1. The lowest BCUT2D eigenvalue weighted by Crippen LogP contribution is -2.43. The molecule has 0 aliphatic heterocycles. The molecule has 160 valence electrons. The molecule has 2 N–H and O–H groups in total. The number of fused-ring (bicyclic) bond motifs is 4. The molecular weight excluding hydrogens is 406 g/mol. The van der Waals surface area contributed by atoms with E-state index in [1.165, 1.54) is 0 Å². The van der Waals surface area contributed by atoms with Crippen LogP contribution in [0.1, 0.15) is 22.6 Å². The summed E-state index contributed by atoms with van der Waals surface area (Å²) in [5, 5.41) is 12.1. The Morgan fingerprint density at radius 3 is 2.41 bits per heavy atom. The third-order valence-electron chi connectivity index (χ3n) is 5.82. The van der Waals surface area contributed by atoms with Crippen LogP contribution >= 0.6 is 0 Å². The summed E-state index contributed by atoms with van der Waals surface area (Å²) >= 11 is 0. The number of aromatic nitrogens is 2. The van der Waals surface area contributed by atoms with Gasteiger partial charge in [0, 0.05) is 30.9 Å². The molecule has 0 unspecified atom stereocenters. The van der Waals surface area contributed by atoms with Gasteiger partial charge in [-0.05, 0) is 33.9 Å². The highest BCUT2D eigenvalue weighted by Crippen LogP contribution is 2.44. The van der Waals surface area contributed by atoms with Gasteiger partial charge in [0.05, 0.1) is 0 Å². The van der Waals surface area contributed by atoms with Crippen LogP contribution in [0.25, 0.3) is 16.8 Å². The Bertz CT molecular complexity index is 1270. The molecule has 0 fully saturated rings. The molecule has 4 aromatic rings. The molecule has 2 aromatic heterocycles. The second-order valence-corrected chi connectivity index (χ2v) is 7.79. The number of alkyl carbamates (subject to hydrolysis) is 1. The number of carbonyl (C=O) groups excluding carboxylic acids is 1. The van der Waals surface area contributed by atoms with Crippen molar-refractivity contribution in [3.63, 3.8) is 0 Å². The minimum atomic E-state index is -1.12. The average molecular weight is 427 g/mol. The molecule has 7 heteroatoms. The number of hydrogen-bond acceptors (Lipinski definition) is 4. The van der Waals surface area contributed by atoms with Gasteiger partial charge in [0.2, 0.25) is 0 Å². The van der Waals surface area contributed by atoms with Gasteiger partial charge in [-0.3, -0.25) is 0 Å². The van der Waals surface area contributed by atoms with Crippen molar-refractivity contribution < 1.29 is 19.4 Å². The molecule has 1 amide bonds. The van der Waals surface area contributed by atoms with E-state index >= 15 is 0 Å². The summed E-state index contributed by atoms with van der Waals surface area (Å²) in [5.74, 6) is -1.20. The van der Waals surface area contributed by atoms with Crippen molar-refractivity contribution in [2.24, 2.45) is 0 Å². The molecule has 0 saturated carbocycles. The summed E-state index contributed by atoms with van der Waals surface area (Å²) in [5.41, 5.74) is 6.01. The fraction of sp³-hybridized carbons (Fsp3) is 0.160. The van der Waals surface area contributed by atoms with Gasteiger partial charge in [0.15, 0.2) is 0 Å². The van der Waals surface area contributed by atoms with E-state index in [2.05, 4.69) is 22.4 Å². The maximum atomic E-state index is 12.5. The van der Waals surface area contributed by atoms with Gasteiger partial charge in [-0.25, -0.2) is 14.6 Å². The van der Waals surface area contributed by atoms with Crippen LogP contribution in [0.15, 0.2) is 79.3 Å². The Labute approximate surface area is 184 Å². The summed E-state index contributed by atoms with van der Waals surface area (Å²) in [6.45, 7) is 0.132. The van der Waals surface area contributed by atoms with Crippen LogP contribution in [0.4, 0.5) is 4.79 Å². The molecule has 0 radical (unpaired) electrons. The second-order valence-electron chi connectivity index (χ2n) is 7.79. The van der Waals surface area contributed by atoms with Crippen molar-refractivity contribution in [2.45, 2.75) is 18.4 Å². The maximum absolute atomic E-state index is 12.5. The molecule has 2 aromatic carbocycles. The van der Waals surface area contributed by atoms with Gasteiger partial charge in [-0.1, -0.05) is 54.6 Å². The maximum Gasteiger partial charge on any atom is 0.407 e. The Morgan fingerprint density at radius 2 is 1.72 bits per heavy atom. The van der Waals surface area contributed by atoms with Crippen LogP contribution in [0.5, 0.6) is 0 Å². The third kappa shape index (κ3) is 3.69. The average Bonchev–Trinajstić information content (AvgIpc) is 3.39. The Hall–Kier alpha value is -4.13. The van der Waals surface area contributed by atoms with Crippen LogP contribution in [0.3, 0.4) is 0 Å². The van der Waals surface area contributed by atoms with Gasteiger partial charge >= 0.3 is 12.1 Å². The fourth-order valence-electron chi connectivity index (χ4n) is 4.30. The minimum absolute atomic E-state index is 0.0833. The minimum Gasteiger partial charge on any atom is -0.480 e. The highest BCUT2D eigenvalue weighted by atomic mass is 16.5. The summed E-state index contributed by atoms with van der Waals surface area (Å²) in [4.78, 5) is 28.4. The van der Waals surface area contributed by atoms with Crippen LogP contribution in [0, 0.1) is 0 Å². The van der Waals surface area contributed by atoms with Gasteiger partial charge < -0.3 is 19.6 Å². The molecule has 5 rings (SSSR count). The quantitative estimate of drug-likeness (QED) is 0.487. The molecule has 0 bridgehead atoms. The van der Waals surface area contributed by atoms with Crippen LogP contribution in [-0.4, -0.2) is 39.2 Å². The lowest BCUT2D eigenvalue weighted by Gasteiger charge is -2.17. The largest absolute Gasteiger partial charge is 0.480 e. The molecule has 32 heavy (non-hydrogen) atoms. The summed E-state index contributed by atoms with van der Waals surface area (Å²) in [6, 6.07) is 18.6. The van der Waals surface area contributed by atoms with Crippen LogP contribution < -0.4 is 5.32 Å². The monoisotopic (exact) mass is 427 g/mol. The topological polar surface area (TPSA) is 92.9 Å². The predicted octanol–water partition coefficient (Wildman–Crippen LogP) is 3.87. The second kappa shape index (κ2) is 8.19. The summed E-state index contributed by atoms with van der Waals surface area (Å²) < 4.78 is 7.29.